The van der Waals surface area contributed by atoms with Crippen LogP contribution >= 0.6 is 15.9 Å². The van der Waals surface area contributed by atoms with E-state index >= 15 is 0 Å². The van der Waals surface area contributed by atoms with Crippen molar-refractivity contribution in [3.8, 4) is 11.5 Å². The van der Waals surface area contributed by atoms with Crippen LogP contribution in [0.4, 0.5) is 0 Å². The van der Waals surface area contributed by atoms with Crippen LogP contribution in [0.25, 0.3) is 0 Å². The molecule has 1 aliphatic heterocycles. The van der Waals surface area contributed by atoms with Gasteiger partial charge < -0.3 is 9.47 Å². The van der Waals surface area contributed by atoms with Gasteiger partial charge in [-0.2, -0.15) is 0 Å². The molecule has 0 saturated carbocycles. The van der Waals surface area contributed by atoms with E-state index in [-0.39, 0.29) is 8.80 Å². The number of fused-ring (bicyclic) bond motifs is 1. The molecule has 142 valence electrons. The van der Waals surface area contributed by atoms with Crippen molar-refractivity contribution in [2.75, 3.05) is 13.2 Å². The zero-order chi connectivity index (χ0) is 18.9. The fourth-order valence-electron chi connectivity index (χ4n) is 3.29. The van der Waals surface area contributed by atoms with Gasteiger partial charge in [0.1, 0.15) is 11.5 Å². The SMILES string of the molecule is CCOc1ccc(C2COc3ccc(Br)cc32)cc1.CC[SiH](CC)CC. The van der Waals surface area contributed by atoms with Crippen molar-refractivity contribution in [2.24, 2.45) is 0 Å². The molecular weight excluding hydrogens is 404 g/mol. The summed E-state index contributed by atoms with van der Waals surface area (Å²) in [6.45, 7) is 10.4. The van der Waals surface area contributed by atoms with Gasteiger partial charge in [0.05, 0.1) is 13.2 Å². The number of benzene rings is 2. The van der Waals surface area contributed by atoms with E-state index < -0.39 is 0 Å². The van der Waals surface area contributed by atoms with E-state index in [0.717, 1.165) is 16.0 Å². The number of rotatable bonds is 6. The number of halogens is 1. The van der Waals surface area contributed by atoms with Crippen LogP contribution in [0, 0.1) is 0 Å². The molecule has 26 heavy (non-hydrogen) atoms. The highest BCUT2D eigenvalue weighted by Gasteiger charge is 2.25. The first kappa shape index (κ1) is 21.0. The van der Waals surface area contributed by atoms with Gasteiger partial charge in [-0.15, -0.1) is 0 Å². The first-order valence-corrected chi connectivity index (χ1v) is 13.0. The fourth-order valence-corrected chi connectivity index (χ4v) is 5.40. The summed E-state index contributed by atoms with van der Waals surface area (Å²) in [6.07, 6.45) is 0. The first-order chi connectivity index (χ1) is 12.6. The molecule has 2 aromatic rings. The highest BCUT2D eigenvalue weighted by molar-refractivity contribution is 9.10. The van der Waals surface area contributed by atoms with E-state index in [4.69, 9.17) is 9.47 Å². The van der Waals surface area contributed by atoms with Crippen molar-refractivity contribution in [3.05, 3.63) is 58.1 Å². The summed E-state index contributed by atoms with van der Waals surface area (Å²) < 4.78 is 12.3. The number of ether oxygens (including phenoxy) is 2. The smallest absolute Gasteiger partial charge is 0.123 e. The highest BCUT2D eigenvalue weighted by Crippen LogP contribution is 2.39. The van der Waals surface area contributed by atoms with Crippen LogP contribution in [0.3, 0.4) is 0 Å². The van der Waals surface area contributed by atoms with E-state index in [1.54, 1.807) is 0 Å². The Labute approximate surface area is 168 Å². The van der Waals surface area contributed by atoms with Gasteiger partial charge in [0.2, 0.25) is 0 Å². The summed E-state index contributed by atoms with van der Waals surface area (Å²) in [4.78, 5) is 0. The Morgan fingerprint density at radius 1 is 1.00 bits per heavy atom. The Bertz CT molecular complexity index is 663. The lowest BCUT2D eigenvalue weighted by Gasteiger charge is -2.11. The Kier molecular flexibility index (Phi) is 8.73. The molecular formula is C22H31BrO2Si. The van der Waals surface area contributed by atoms with Gasteiger partial charge >= 0.3 is 0 Å². The van der Waals surface area contributed by atoms with Gasteiger partial charge in [0, 0.05) is 24.8 Å². The van der Waals surface area contributed by atoms with Crippen LogP contribution in [-0.4, -0.2) is 22.0 Å². The van der Waals surface area contributed by atoms with Crippen LogP contribution in [0.15, 0.2) is 46.9 Å². The third-order valence-electron chi connectivity index (χ3n) is 5.08. The summed E-state index contributed by atoms with van der Waals surface area (Å²) in [7, 11) is -0.171. The van der Waals surface area contributed by atoms with Crippen LogP contribution in [0.1, 0.15) is 44.7 Å². The molecule has 1 heterocycles. The topological polar surface area (TPSA) is 18.5 Å². The number of hydrogen-bond acceptors (Lipinski definition) is 2. The van der Waals surface area contributed by atoms with Crippen molar-refractivity contribution >= 4 is 24.7 Å². The largest absolute Gasteiger partial charge is 0.494 e. The second kappa shape index (κ2) is 10.8. The number of hydrogen-bond donors (Lipinski definition) is 0. The standard InChI is InChI=1S/C16H15BrO2.C6H16Si/c1-2-18-13-6-3-11(4-7-13)15-10-19-16-8-5-12(17)9-14(15)16;1-4-7(5-2)6-3/h3-9,15H,2,10H2,1H3;7H,4-6H2,1-3H3. The first-order valence-electron chi connectivity index (χ1n) is 9.77. The van der Waals surface area contributed by atoms with Crippen LogP contribution < -0.4 is 9.47 Å². The Hall–Kier alpha value is -1.26. The normalized spacial score (nSPS) is 15.1. The lowest BCUT2D eigenvalue weighted by molar-refractivity contribution is 0.338. The third-order valence-corrected chi connectivity index (χ3v) is 9.04. The fraction of sp³-hybridized carbons (Fsp3) is 0.455. The van der Waals surface area contributed by atoms with Crippen molar-refractivity contribution < 1.29 is 9.47 Å². The molecule has 1 unspecified atom stereocenters. The van der Waals surface area contributed by atoms with Gasteiger partial charge in [-0.1, -0.05) is 67.0 Å². The molecule has 0 aromatic heterocycles. The Balaban J connectivity index is 0.000000298. The highest BCUT2D eigenvalue weighted by atomic mass is 79.9. The molecule has 3 rings (SSSR count). The average molecular weight is 435 g/mol. The monoisotopic (exact) mass is 434 g/mol. The van der Waals surface area contributed by atoms with E-state index in [1.165, 1.54) is 29.3 Å². The van der Waals surface area contributed by atoms with Gasteiger partial charge in [-0.05, 0) is 42.8 Å². The minimum Gasteiger partial charge on any atom is -0.494 e. The Morgan fingerprint density at radius 2 is 1.65 bits per heavy atom. The van der Waals surface area contributed by atoms with Crippen molar-refractivity contribution in [1.82, 2.24) is 0 Å². The van der Waals surface area contributed by atoms with Crippen molar-refractivity contribution in [1.29, 1.82) is 0 Å². The third kappa shape index (κ3) is 5.62. The maximum Gasteiger partial charge on any atom is 0.123 e. The minimum atomic E-state index is -0.171. The molecule has 0 amide bonds. The summed E-state index contributed by atoms with van der Waals surface area (Å²) in [5.74, 6) is 2.21. The maximum atomic E-state index is 5.75. The molecule has 0 saturated heterocycles. The molecule has 1 aliphatic rings. The molecule has 0 spiro atoms. The second-order valence-electron chi connectivity index (χ2n) is 6.64. The van der Waals surface area contributed by atoms with Gasteiger partial charge in [0.15, 0.2) is 0 Å². The van der Waals surface area contributed by atoms with E-state index in [1.807, 2.05) is 31.2 Å². The van der Waals surface area contributed by atoms with Crippen molar-refractivity contribution in [3.63, 3.8) is 0 Å². The molecule has 0 fully saturated rings. The predicted molar refractivity (Wildman–Crippen MR) is 118 cm³/mol. The molecule has 2 nitrogen and oxygen atoms in total. The summed E-state index contributed by atoms with van der Waals surface area (Å²) in [5, 5.41) is 0. The minimum absolute atomic E-state index is 0.171. The van der Waals surface area contributed by atoms with Gasteiger partial charge in [-0.3, -0.25) is 0 Å². The van der Waals surface area contributed by atoms with E-state index in [2.05, 4.69) is 54.9 Å². The molecule has 0 aliphatic carbocycles. The van der Waals surface area contributed by atoms with Crippen LogP contribution in [0.5, 0.6) is 11.5 Å². The zero-order valence-electron chi connectivity index (χ0n) is 16.4. The quantitative estimate of drug-likeness (QED) is 0.473. The van der Waals surface area contributed by atoms with E-state index in [9.17, 15) is 0 Å². The second-order valence-corrected chi connectivity index (χ2v) is 11.7. The zero-order valence-corrected chi connectivity index (χ0v) is 19.2. The van der Waals surface area contributed by atoms with Crippen LogP contribution in [-0.2, 0) is 0 Å². The lowest BCUT2D eigenvalue weighted by Crippen LogP contribution is -2.04. The van der Waals surface area contributed by atoms with Crippen LogP contribution in [0.2, 0.25) is 18.1 Å². The lowest BCUT2D eigenvalue weighted by atomic mass is 9.93. The Morgan fingerprint density at radius 3 is 2.19 bits per heavy atom. The molecule has 0 N–H and O–H groups in total. The molecule has 4 heteroatoms. The molecule has 0 bridgehead atoms. The summed E-state index contributed by atoms with van der Waals surface area (Å²) in [5.41, 5.74) is 2.51. The predicted octanol–water partition coefficient (Wildman–Crippen LogP) is 6.65. The molecule has 0 radical (unpaired) electrons. The van der Waals surface area contributed by atoms with Gasteiger partial charge in [-0.25, -0.2) is 0 Å². The summed E-state index contributed by atoms with van der Waals surface area (Å²) in [6, 6.07) is 18.9. The van der Waals surface area contributed by atoms with Crippen molar-refractivity contribution in [2.45, 2.75) is 51.7 Å². The molecule has 1 atom stereocenters. The van der Waals surface area contributed by atoms with E-state index in [0.29, 0.717) is 19.1 Å². The summed E-state index contributed by atoms with van der Waals surface area (Å²) >= 11 is 3.52. The maximum absolute atomic E-state index is 5.75. The average Bonchev–Trinajstić information content (AvgIpc) is 3.08. The molecule has 2 aromatic carbocycles. The van der Waals surface area contributed by atoms with Gasteiger partial charge in [0.25, 0.3) is 0 Å².